The van der Waals surface area contributed by atoms with E-state index in [9.17, 15) is 4.79 Å². The number of rotatable bonds is 6. The molecular weight excluding hydrogens is 306 g/mol. The molecule has 24 heavy (non-hydrogen) atoms. The third-order valence-corrected chi connectivity index (χ3v) is 4.52. The number of carbonyl (C=O) groups is 1. The number of hydrogen-bond donors (Lipinski definition) is 1. The Labute approximate surface area is 141 Å². The van der Waals surface area contributed by atoms with Gasteiger partial charge in [-0.05, 0) is 25.5 Å². The number of nitrogens with zero attached hydrogens (tertiary/aromatic N) is 2. The largest absolute Gasteiger partial charge is 0.491 e. The van der Waals surface area contributed by atoms with Gasteiger partial charge in [-0.25, -0.2) is 4.98 Å². The van der Waals surface area contributed by atoms with Crippen LogP contribution < -0.4 is 4.74 Å². The minimum atomic E-state index is -0.450. The lowest BCUT2D eigenvalue weighted by Crippen LogP contribution is -2.42. The van der Waals surface area contributed by atoms with Crippen molar-refractivity contribution >= 4 is 5.91 Å². The van der Waals surface area contributed by atoms with Crippen molar-refractivity contribution in [2.24, 2.45) is 0 Å². The number of aromatic nitrogens is 2. The van der Waals surface area contributed by atoms with Crippen molar-refractivity contribution in [3.05, 3.63) is 48.0 Å². The Morgan fingerprint density at radius 3 is 2.83 bits per heavy atom. The third-order valence-electron chi connectivity index (χ3n) is 4.52. The molecule has 1 N–H and O–H groups in total. The van der Waals surface area contributed by atoms with E-state index in [0.29, 0.717) is 26.1 Å². The van der Waals surface area contributed by atoms with Gasteiger partial charge in [0.05, 0.1) is 19.3 Å². The molecule has 128 valence electrons. The molecule has 0 aliphatic carbocycles. The summed E-state index contributed by atoms with van der Waals surface area (Å²) in [5.41, 5.74) is 1.57. The predicted octanol–water partition coefficient (Wildman–Crippen LogP) is 1.96. The first-order valence-corrected chi connectivity index (χ1v) is 8.10. The zero-order chi connectivity index (χ0) is 17.0. The summed E-state index contributed by atoms with van der Waals surface area (Å²) in [5.74, 6) is 0.896. The molecular formula is C18H23N3O3. The third kappa shape index (κ3) is 3.76. The number of ether oxygens (including phenoxy) is 2. The SMILES string of the molecule is COC1(COc2ccc(C)cc2)CCN(C(=O)Cc2cnc[nH]2)C1. The summed E-state index contributed by atoms with van der Waals surface area (Å²) in [6.45, 7) is 3.70. The van der Waals surface area contributed by atoms with Crippen LogP contribution in [0.3, 0.4) is 0 Å². The highest BCUT2D eigenvalue weighted by molar-refractivity contribution is 5.78. The van der Waals surface area contributed by atoms with Gasteiger partial charge in [-0.1, -0.05) is 17.7 Å². The molecule has 2 heterocycles. The number of amides is 1. The maximum absolute atomic E-state index is 12.4. The van der Waals surface area contributed by atoms with Crippen LogP contribution in [0.25, 0.3) is 0 Å². The van der Waals surface area contributed by atoms with Crippen LogP contribution in [0.2, 0.25) is 0 Å². The molecule has 1 aliphatic heterocycles. The molecule has 0 saturated carbocycles. The molecule has 1 amide bonds. The van der Waals surface area contributed by atoms with Crippen molar-refractivity contribution in [1.29, 1.82) is 0 Å². The van der Waals surface area contributed by atoms with Gasteiger partial charge >= 0.3 is 0 Å². The average molecular weight is 329 g/mol. The van der Waals surface area contributed by atoms with Crippen LogP contribution in [0.1, 0.15) is 17.7 Å². The quantitative estimate of drug-likeness (QED) is 0.880. The van der Waals surface area contributed by atoms with E-state index >= 15 is 0 Å². The minimum Gasteiger partial charge on any atom is -0.491 e. The maximum Gasteiger partial charge on any atom is 0.228 e. The van der Waals surface area contributed by atoms with Crippen molar-refractivity contribution in [1.82, 2.24) is 14.9 Å². The molecule has 6 heteroatoms. The number of aromatic amines is 1. The number of nitrogens with one attached hydrogen (secondary N) is 1. The summed E-state index contributed by atoms with van der Waals surface area (Å²) in [6.07, 6.45) is 4.36. The molecule has 3 rings (SSSR count). The van der Waals surface area contributed by atoms with Gasteiger partial charge < -0.3 is 19.4 Å². The average Bonchev–Trinajstić information content (AvgIpc) is 3.24. The molecule has 1 aromatic carbocycles. The molecule has 2 aromatic rings. The second-order valence-corrected chi connectivity index (χ2v) is 6.31. The van der Waals surface area contributed by atoms with Crippen LogP contribution in [0.15, 0.2) is 36.8 Å². The molecule has 0 spiro atoms. The van der Waals surface area contributed by atoms with Gasteiger partial charge in [0.1, 0.15) is 18.0 Å². The number of hydrogen-bond acceptors (Lipinski definition) is 4. The number of aryl methyl sites for hydroxylation is 1. The highest BCUT2D eigenvalue weighted by Crippen LogP contribution is 2.27. The molecule has 6 nitrogen and oxygen atoms in total. The van der Waals surface area contributed by atoms with Crippen molar-refractivity contribution in [3.8, 4) is 5.75 Å². The molecule has 0 bridgehead atoms. The van der Waals surface area contributed by atoms with E-state index in [0.717, 1.165) is 17.9 Å². The summed E-state index contributed by atoms with van der Waals surface area (Å²) in [4.78, 5) is 21.2. The Hall–Kier alpha value is -2.34. The fraction of sp³-hybridized carbons (Fsp3) is 0.444. The lowest BCUT2D eigenvalue weighted by molar-refractivity contribution is -0.131. The number of H-pyrrole nitrogens is 1. The molecule has 1 atom stereocenters. The number of likely N-dealkylation sites (tertiary alicyclic amines) is 1. The zero-order valence-corrected chi connectivity index (χ0v) is 14.1. The minimum absolute atomic E-state index is 0.0773. The highest BCUT2D eigenvalue weighted by atomic mass is 16.5. The molecule has 1 aliphatic rings. The van der Waals surface area contributed by atoms with E-state index in [1.165, 1.54) is 5.56 Å². The first kappa shape index (κ1) is 16.5. The van der Waals surface area contributed by atoms with Crippen molar-refractivity contribution in [2.45, 2.75) is 25.4 Å². The standard InChI is InChI=1S/C18H23N3O3/c1-14-3-5-16(6-4-14)24-12-18(23-2)7-8-21(11-18)17(22)9-15-10-19-13-20-15/h3-6,10,13H,7-9,11-12H2,1-2H3,(H,19,20). The van der Waals surface area contributed by atoms with E-state index < -0.39 is 5.60 Å². The summed E-state index contributed by atoms with van der Waals surface area (Å²) in [6, 6.07) is 7.94. The molecule has 1 unspecified atom stereocenters. The van der Waals surface area contributed by atoms with E-state index in [-0.39, 0.29) is 5.91 Å². The number of imidazole rings is 1. The number of benzene rings is 1. The summed E-state index contributed by atoms with van der Waals surface area (Å²) in [5, 5.41) is 0. The Kier molecular flexibility index (Phi) is 4.85. The van der Waals surface area contributed by atoms with Gasteiger partial charge in [0.15, 0.2) is 0 Å². The lowest BCUT2D eigenvalue weighted by Gasteiger charge is -2.28. The second-order valence-electron chi connectivity index (χ2n) is 6.31. The summed E-state index contributed by atoms with van der Waals surface area (Å²) >= 11 is 0. The number of carbonyl (C=O) groups excluding carboxylic acids is 1. The van der Waals surface area contributed by atoms with Crippen molar-refractivity contribution < 1.29 is 14.3 Å². The van der Waals surface area contributed by atoms with Crippen LogP contribution in [-0.2, 0) is 16.0 Å². The van der Waals surface area contributed by atoms with E-state index in [1.807, 2.05) is 36.1 Å². The van der Waals surface area contributed by atoms with E-state index in [4.69, 9.17) is 9.47 Å². The first-order valence-electron chi connectivity index (χ1n) is 8.10. The van der Waals surface area contributed by atoms with Gasteiger partial charge in [0.25, 0.3) is 0 Å². The van der Waals surface area contributed by atoms with Crippen LogP contribution in [-0.4, -0.2) is 53.2 Å². The Balaban J connectivity index is 1.57. The predicted molar refractivity (Wildman–Crippen MR) is 89.9 cm³/mol. The maximum atomic E-state index is 12.4. The molecule has 1 saturated heterocycles. The van der Waals surface area contributed by atoms with Crippen LogP contribution in [0, 0.1) is 6.92 Å². The fourth-order valence-corrected chi connectivity index (χ4v) is 2.91. The lowest BCUT2D eigenvalue weighted by atomic mass is 10.0. The number of methoxy groups -OCH3 is 1. The van der Waals surface area contributed by atoms with Gasteiger partial charge in [-0.3, -0.25) is 4.79 Å². The molecule has 0 radical (unpaired) electrons. The summed E-state index contributed by atoms with van der Waals surface area (Å²) in [7, 11) is 1.68. The Morgan fingerprint density at radius 2 is 2.17 bits per heavy atom. The van der Waals surface area contributed by atoms with Gasteiger partial charge in [-0.2, -0.15) is 0 Å². The summed E-state index contributed by atoms with van der Waals surface area (Å²) < 4.78 is 11.6. The van der Waals surface area contributed by atoms with Crippen LogP contribution >= 0.6 is 0 Å². The van der Waals surface area contributed by atoms with Gasteiger partial charge in [0.2, 0.25) is 5.91 Å². The van der Waals surface area contributed by atoms with Gasteiger partial charge in [-0.15, -0.1) is 0 Å². The monoisotopic (exact) mass is 329 g/mol. The zero-order valence-electron chi connectivity index (χ0n) is 14.1. The smallest absolute Gasteiger partial charge is 0.228 e. The fourth-order valence-electron chi connectivity index (χ4n) is 2.91. The van der Waals surface area contributed by atoms with Crippen molar-refractivity contribution in [3.63, 3.8) is 0 Å². The molecule has 1 fully saturated rings. The molecule has 1 aromatic heterocycles. The Bertz CT molecular complexity index is 669. The van der Waals surface area contributed by atoms with Crippen LogP contribution in [0.4, 0.5) is 0 Å². The van der Waals surface area contributed by atoms with E-state index in [2.05, 4.69) is 9.97 Å². The normalized spacial score (nSPS) is 20.3. The highest BCUT2D eigenvalue weighted by Gasteiger charge is 2.41. The second kappa shape index (κ2) is 7.05. The topological polar surface area (TPSA) is 67.5 Å². The Morgan fingerprint density at radius 1 is 1.38 bits per heavy atom. The van der Waals surface area contributed by atoms with Crippen LogP contribution in [0.5, 0.6) is 5.75 Å². The van der Waals surface area contributed by atoms with Crippen molar-refractivity contribution in [2.75, 3.05) is 26.8 Å². The van der Waals surface area contributed by atoms with E-state index in [1.54, 1.807) is 19.6 Å². The van der Waals surface area contributed by atoms with Gasteiger partial charge in [0, 0.05) is 25.5 Å². The first-order chi connectivity index (χ1) is 11.6.